The fourth-order valence-electron chi connectivity index (χ4n) is 2.07. The maximum atomic E-state index is 12.3. The summed E-state index contributed by atoms with van der Waals surface area (Å²) in [5.41, 5.74) is 0.0794. The zero-order chi connectivity index (χ0) is 19.3. The predicted molar refractivity (Wildman–Crippen MR) is 90.5 cm³/mol. The molecule has 1 aromatic carbocycles. The van der Waals surface area contributed by atoms with Crippen LogP contribution in [0.25, 0.3) is 0 Å². The molecular formula is C16H21N3O6S. The highest BCUT2D eigenvalue weighted by atomic mass is 32.2. The minimum atomic E-state index is -3.87. The summed E-state index contributed by atoms with van der Waals surface area (Å²) in [7, 11) is -1.38. The number of nitrogens with zero attached hydrogens (tertiary/aromatic N) is 3. The van der Waals surface area contributed by atoms with Crippen LogP contribution in [0, 0.1) is 0 Å². The van der Waals surface area contributed by atoms with E-state index in [4.69, 9.17) is 14.1 Å². The molecule has 1 atom stereocenters. The van der Waals surface area contributed by atoms with Crippen LogP contribution < -0.4 is 0 Å². The molecular weight excluding hydrogens is 362 g/mol. The molecule has 1 heterocycles. The van der Waals surface area contributed by atoms with Crippen LogP contribution in [0.2, 0.25) is 0 Å². The fraction of sp³-hybridized carbons (Fsp3) is 0.438. The van der Waals surface area contributed by atoms with Gasteiger partial charge in [-0.3, -0.25) is 4.84 Å². The van der Waals surface area contributed by atoms with Crippen LogP contribution in [0.4, 0.5) is 0 Å². The maximum Gasteiger partial charge on any atom is 0.338 e. The highest BCUT2D eigenvalue weighted by Gasteiger charge is 2.24. The van der Waals surface area contributed by atoms with Crippen molar-refractivity contribution in [2.45, 2.75) is 37.7 Å². The number of carbonyl (C=O) groups excluding carboxylic acids is 1. The lowest BCUT2D eigenvalue weighted by molar-refractivity contribution is -0.0258. The van der Waals surface area contributed by atoms with Crippen molar-refractivity contribution in [3.63, 3.8) is 0 Å². The second kappa shape index (κ2) is 8.39. The molecule has 0 saturated heterocycles. The van der Waals surface area contributed by atoms with Crippen molar-refractivity contribution in [2.75, 3.05) is 14.2 Å². The molecule has 142 valence electrons. The van der Waals surface area contributed by atoms with Crippen molar-refractivity contribution < 1.29 is 27.3 Å². The van der Waals surface area contributed by atoms with Gasteiger partial charge in [-0.15, -0.1) is 0 Å². The lowest BCUT2D eigenvalue weighted by Gasteiger charge is -2.15. The minimum absolute atomic E-state index is 0.0794. The third-order valence-electron chi connectivity index (χ3n) is 3.55. The van der Waals surface area contributed by atoms with Crippen molar-refractivity contribution in [3.05, 3.63) is 41.5 Å². The van der Waals surface area contributed by atoms with Crippen LogP contribution in [0.15, 0.2) is 33.7 Å². The van der Waals surface area contributed by atoms with Gasteiger partial charge in [-0.25, -0.2) is 13.2 Å². The number of rotatable bonds is 8. The number of hydrogen-bond acceptors (Lipinski definition) is 8. The molecule has 0 aliphatic heterocycles. The lowest BCUT2D eigenvalue weighted by Crippen LogP contribution is -2.26. The zero-order valence-corrected chi connectivity index (χ0v) is 15.8. The van der Waals surface area contributed by atoms with Crippen molar-refractivity contribution in [3.8, 4) is 0 Å². The maximum absolute atomic E-state index is 12.3. The number of sulfonamides is 1. The average molecular weight is 383 g/mol. The van der Waals surface area contributed by atoms with E-state index in [2.05, 4.69) is 10.1 Å². The molecule has 2 aromatic rings. The van der Waals surface area contributed by atoms with Crippen molar-refractivity contribution in [2.24, 2.45) is 0 Å². The van der Waals surface area contributed by atoms with E-state index in [1.165, 1.54) is 38.4 Å². The third-order valence-corrected chi connectivity index (χ3v) is 5.23. The van der Waals surface area contributed by atoms with Gasteiger partial charge in [0.1, 0.15) is 0 Å². The Balaban J connectivity index is 2.15. The van der Waals surface area contributed by atoms with Gasteiger partial charge in [-0.05, 0) is 31.5 Å². The first-order chi connectivity index (χ1) is 12.3. The van der Waals surface area contributed by atoms with Crippen LogP contribution >= 0.6 is 0 Å². The highest BCUT2D eigenvalue weighted by Crippen LogP contribution is 2.20. The van der Waals surface area contributed by atoms with E-state index in [0.29, 0.717) is 16.7 Å². The molecule has 0 spiro atoms. The third kappa shape index (κ3) is 4.45. The zero-order valence-electron chi connectivity index (χ0n) is 15.0. The number of ether oxygens (including phenoxy) is 1. The molecule has 9 nitrogen and oxygen atoms in total. The smallest absolute Gasteiger partial charge is 0.338 e. The number of hydroxylamine groups is 1. The first-order valence-electron chi connectivity index (χ1n) is 7.96. The quantitative estimate of drug-likeness (QED) is 0.503. The van der Waals surface area contributed by atoms with Gasteiger partial charge in [0.25, 0.3) is 15.9 Å². The minimum Gasteiger partial charge on any atom is -0.449 e. The molecule has 0 N–H and O–H groups in total. The Morgan fingerprint density at radius 2 is 2.12 bits per heavy atom. The van der Waals surface area contributed by atoms with Crippen molar-refractivity contribution in [1.82, 2.24) is 14.6 Å². The number of aryl methyl sites for hydroxylation is 1. The highest BCUT2D eigenvalue weighted by molar-refractivity contribution is 7.89. The molecule has 0 bridgehead atoms. The summed E-state index contributed by atoms with van der Waals surface area (Å²) in [4.78, 5) is 21.1. The first-order valence-corrected chi connectivity index (χ1v) is 9.40. The summed E-state index contributed by atoms with van der Waals surface area (Å²) in [5.74, 6) is 0.0237. The summed E-state index contributed by atoms with van der Waals surface area (Å²) in [6, 6.07) is 5.48. The number of aromatic nitrogens is 2. The van der Waals surface area contributed by atoms with E-state index in [1.807, 2.05) is 6.92 Å². The SMILES string of the molecule is CCCc1noc(C(C)OC(=O)c2cccc(S(=O)(=O)N(C)OC)c2)n1. The molecule has 0 radical (unpaired) electrons. The number of esters is 1. The summed E-state index contributed by atoms with van der Waals surface area (Å²) < 4.78 is 35.6. The monoisotopic (exact) mass is 383 g/mol. The van der Waals surface area contributed by atoms with Crippen LogP contribution in [0.3, 0.4) is 0 Å². The molecule has 0 aliphatic rings. The van der Waals surface area contributed by atoms with E-state index in [1.54, 1.807) is 6.92 Å². The van der Waals surface area contributed by atoms with Crippen molar-refractivity contribution in [1.29, 1.82) is 0 Å². The Morgan fingerprint density at radius 1 is 1.38 bits per heavy atom. The average Bonchev–Trinajstić information content (AvgIpc) is 3.10. The number of carbonyl (C=O) groups is 1. The first kappa shape index (κ1) is 20.0. The predicted octanol–water partition coefficient (Wildman–Crippen LogP) is 2.12. The molecule has 1 unspecified atom stereocenters. The lowest BCUT2D eigenvalue weighted by atomic mass is 10.2. The van der Waals surface area contributed by atoms with Crippen LogP contribution in [-0.4, -0.2) is 43.2 Å². The number of benzene rings is 1. The second-order valence-electron chi connectivity index (χ2n) is 5.47. The summed E-state index contributed by atoms with van der Waals surface area (Å²) in [6.45, 7) is 3.59. The van der Waals surface area contributed by atoms with Gasteiger partial charge in [-0.2, -0.15) is 4.98 Å². The molecule has 10 heteroatoms. The molecule has 2 rings (SSSR count). The van der Waals surface area contributed by atoms with Gasteiger partial charge in [0, 0.05) is 13.5 Å². The largest absolute Gasteiger partial charge is 0.449 e. The summed E-state index contributed by atoms with van der Waals surface area (Å²) in [5, 5.41) is 3.81. The summed E-state index contributed by atoms with van der Waals surface area (Å²) in [6.07, 6.45) is 0.768. The van der Waals surface area contributed by atoms with Gasteiger partial charge >= 0.3 is 5.97 Å². The second-order valence-corrected chi connectivity index (χ2v) is 7.41. The van der Waals surface area contributed by atoms with E-state index >= 15 is 0 Å². The van der Waals surface area contributed by atoms with Gasteiger partial charge in [0.2, 0.25) is 0 Å². The van der Waals surface area contributed by atoms with Gasteiger partial charge in [0.15, 0.2) is 11.9 Å². The molecule has 1 aromatic heterocycles. The Labute approximate surface area is 151 Å². The van der Waals surface area contributed by atoms with E-state index in [0.717, 1.165) is 6.42 Å². The van der Waals surface area contributed by atoms with Crippen LogP contribution in [0.1, 0.15) is 48.4 Å². The molecule has 26 heavy (non-hydrogen) atoms. The Kier molecular flexibility index (Phi) is 6.46. The Bertz CT molecular complexity index is 864. The molecule has 0 saturated carbocycles. The molecule has 0 fully saturated rings. The topological polar surface area (TPSA) is 112 Å². The van der Waals surface area contributed by atoms with Crippen LogP contribution in [0.5, 0.6) is 0 Å². The van der Waals surface area contributed by atoms with Crippen molar-refractivity contribution >= 4 is 16.0 Å². The van der Waals surface area contributed by atoms with Gasteiger partial charge in [-0.1, -0.05) is 22.6 Å². The van der Waals surface area contributed by atoms with E-state index < -0.39 is 22.1 Å². The van der Waals surface area contributed by atoms with Gasteiger partial charge < -0.3 is 9.26 Å². The molecule has 0 aliphatic carbocycles. The molecule has 0 amide bonds. The van der Waals surface area contributed by atoms with Crippen LogP contribution in [-0.2, 0) is 26.0 Å². The van der Waals surface area contributed by atoms with E-state index in [9.17, 15) is 13.2 Å². The normalized spacial score (nSPS) is 13.0. The Morgan fingerprint density at radius 3 is 2.77 bits per heavy atom. The Hall–Kier alpha value is -2.30. The fourth-order valence-corrected chi connectivity index (χ4v) is 3.09. The summed E-state index contributed by atoms with van der Waals surface area (Å²) >= 11 is 0. The van der Waals surface area contributed by atoms with Gasteiger partial charge in [0.05, 0.1) is 17.6 Å². The van der Waals surface area contributed by atoms with E-state index in [-0.39, 0.29) is 16.3 Å². The number of hydrogen-bond donors (Lipinski definition) is 0. The standard InChI is InChI=1S/C16H21N3O6S/c1-5-7-14-17-15(25-18-14)11(2)24-16(20)12-8-6-9-13(10-12)26(21,22)19(3)23-4/h6,8-11H,5,7H2,1-4H3.